The summed E-state index contributed by atoms with van der Waals surface area (Å²) < 4.78 is 5.80. The average molecular weight is 294 g/mol. The molecule has 7 heteroatoms. The largest absolute Gasteiger partial charge is 0.469 e. The molecular weight excluding hydrogens is 272 g/mol. The van der Waals surface area contributed by atoms with Gasteiger partial charge in [0.1, 0.15) is 11.9 Å². The summed E-state index contributed by atoms with van der Waals surface area (Å²) in [5.41, 5.74) is -0.0732. The Morgan fingerprint density at radius 2 is 2.19 bits per heavy atom. The van der Waals surface area contributed by atoms with Gasteiger partial charge in [-0.15, -0.1) is 0 Å². The molecule has 0 amide bonds. The minimum Gasteiger partial charge on any atom is -0.469 e. The molecule has 0 radical (unpaired) electrons. The molecule has 2 heterocycles. The summed E-state index contributed by atoms with van der Waals surface area (Å²) >= 11 is 0. The van der Waals surface area contributed by atoms with Crippen LogP contribution in [0.4, 0.5) is 11.5 Å². The van der Waals surface area contributed by atoms with Crippen LogP contribution < -0.4 is 10.1 Å². The first kappa shape index (κ1) is 15.5. The first-order valence-electron chi connectivity index (χ1n) is 7.34. The lowest BCUT2D eigenvalue weighted by Crippen LogP contribution is -2.35. The zero-order chi connectivity index (χ0) is 15.2. The second-order valence-corrected chi connectivity index (χ2v) is 5.33. The molecule has 1 fully saturated rings. The molecule has 0 spiro atoms. The Morgan fingerprint density at radius 1 is 1.48 bits per heavy atom. The maximum absolute atomic E-state index is 11.1. The van der Waals surface area contributed by atoms with Gasteiger partial charge in [-0.05, 0) is 32.4 Å². The predicted octanol–water partition coefficient (Wildman–Crippen LogP) is 2.28. The lowest BCUT2D eigenvalue weighted by molar-refractivity contribution is -0.386. The van der Waals surface area contributed by atoms with E-state index in [0.717, 1.165) is 38.9 Å². The highest BCUT2D eigenvalue weighted by Crippen LogP contribution is 2.28. The molecule has 1 saturated heterocycles. The number of nitrogens with zero attached hydrogens (tertiary/aromatic N) is 3. The Bertz CT molecular complexity index is 487. The second-order valence-electron chi connectivity index (χ2n) is 5.33. The third-order valence-corrected chi connectivity index (χ3v) is 3.54. The number of nitro groups is 1. The molecule has 1 N–H and O–H groups in total. The summed E-state index contributed by atoms with van der Waals surface area (Å²) in [5, 5.41) is 14.2. The van der Waals surface area contributed by atoms with E-state index in [1.807, 2.05) is 6.92 Å². The number of piperidine rings is 1. The van der Waals surface area contributed by atoms with Crippen molar-refractivity contribution in [2.75, 3.05) is 32.0 Å². The van der Waals surface area contributed by atoms with Crippen molar-refractivity contribution in [2.45, 2.75) is 32.3 Å². The highest BCUT2D eigenvalue weighted by atomic mass is 16.6. The lowest BCUT2D eigenvalue weighted by atomic mass is 10.1. The molecule has 0 aromatic carbocycles. The van der Waals surface area contributed by atoms with Crippen LogP contribution in [0.1, 0.15) is 26.2 Å². The molecule has 0 atom stereocenters. The molecule has 1 aromatic rings. The maximum Gasteiger partial charge on any atom is 0.331 e. The first-order chi connectivity index (χ1) is 10.1. The topological polar surface area (TPSA) is 80.5 Å². The van der Waals surface area contributed by atoms with Crippen LogP contribution in [0.3, 0.4) is 0 Å². The van der Waals surface area contributed by atoms with E-state index < -0.39 is 4.92 Å². The van der Waals surface area contributed by atoms with Gasteiger partial charge in [-0.1, -0.05) is 6.92 Å². The van der Waals surface area contributed by atoms with E-state index in [0.29, 0.717) is 5.82 Å². The van der Waals surface area contributed by atoms with Gasteiger partial charge in [0.15, 0.2) is 0 Å². The number of hydrogen-bond donors (Lipinski definition) is 1. The molecule has 1 aromatic heterocycles. The van der Waals surface area contributed by atoms with Crippen molar-refractivity contribution in [1.29, 1.82) is 0 Å². The standard InChI is InChI=1S/C14H22N4O3/c1-3-8-15-13-5-4-12(18(19)20)14(16-13)21-11-6-9-17(2)10-7-11/h4-5,11H,3,6-10H2,1-2H3,(H,15,16). The number of likely N-dealkylation sites (tertiary alicyclic amines) is 1. The van der Waals surface area contributed by atoms with Gasteiger partial charge in [0.05, 0.1) is 4.92 Å². The van der Waals surface area contributed by atoms with Crippen LogP contribution >= 0.6 is 0 Å². The van der Waals surface area contributed by atoms with Gasteiger partial charge < -0.3 is 15.0 Å². The fraction of sp³-hybridized carbons (Fsp3) is 0.643. The Balaban J connectivity index is 2.12. The Hall–Kier alpha value is -1.89. The number of aromatic nitrogens is 1. The van der Waals surface area contributed by atoms with E-state index in [4.69, 9.17) is 4.74 Å². The Morgan fingerprint density at radius 3 is 2.81 bits per heavy atom. The van der Waals surface area contributed by atoms with Gasteiger partial charge in [-0.3, -0.25) is 10.1 Å². The average Bonchev–Trinajstić information content (AvgIpc) is 2.47. The van der Waals surface area contributed by atoms with Crippen LogP contribution in [0.15, 0.2) is 12.1 Å². The minimum atomic E-state index is -0.444. The summed E-state index contributed by atoms with van der Waals surface area (Å²) in [6.45, 7) is 4.70. The Kier molecular flexibility index (Phi) is 5.32. The molecule has 21 heavy (non-hydrogen) atoms. The SMILES string of the molecule is CCCNc1ccc([N+](=O)[O-])c(OC2CCN(C)CC2)n1. The van der Waals surface area contributed by atoms with Crippen molar-refractivity contribution in [3.63, 3.8) is 0 Å². The van der Waals surface area contributed by atoms with E-state index in [-0.39, 0.29) is 17.7 Å². The zero-order valence-corrected chi connectivity index (χ0v) is 12.5. The number of hydrogen-bond acceptors (Lipinski definition) is 6. The van der Waals surface area contributed by atoms with Gasteiger partial charge in [-0.2, -0.15) is 4.98 Å². The van der Waals surface area contributed by atoms with Gasteiger partial charge in [-0.25, -0.2) is 0 Å². The first-order valence-corrected chi connectivity index (χ1v) is 7.34. The molecule has 2 rings (SSSR count). The fourth-order valence-corrected chi connectivity index (χ4v) is 2.27. The van der Waals surface area contributed by atoms with Gasteiger partial charge >= 0.3 is 5.69 Å². The predicted molar refractivity (Wildman–Crippen MR) is 80.8 cm³/mol. The van der Waals surface area contributed by atoms with E-state index in [1.54, 1.807) is 6.07 Å². The van der Waals surface area contributed by atoms with Crippen LogP contribution in [0.5, 0.6) is 5.88 Å². The van der Waals surface area contributed by atoms with Crippen LogP contribution in [0.2, 0.25) is 0 Å². The van der Waals surface area contributed by atoms with Crippen LogP contribution in [-0.4, -0.2) is 47.6 Å². The number of nitrogens with one attached hydrogen (secondary N) is 1. The summed E-state index contributed by atoms with van der Waals surface area (Å²) in [5.74, 6) is 0.737. The van der Waals surface area contributed by atoms with Crippen molar-refractivity contribution in [1.82, 2.24) is 9.88 Å². The molecule has 1 aliphatic rings. The number of pyridine rings is 1. The van der Waals surface area contributed by atoms with E-state index in [1.165, 1.54) is 6.07 Å². The van der Waals surface area contributed by atoms with E-state index in [2.05, 4.69) is 22.2 Å². The molecule has 0 unspecified atom stereocenters. The molecule has 116 valence electrons. The minimum absolute atomic E-state index is 0.00572. The van der Waals surface area contributed by atoms with Crippen molar-refractivity contribution in [3.8, 4) is 5.88 Å². The summed E-state index contributed by atoms with van der Waals surface area (Å²) in [6.07, 6.45) is 2.68. The molecule has 7 nitrogen and oxygen atoms in total. The third kappa shape index (κ3) is 4.29. The maximum atomic E-state index is 11.1. The monoisotopic (exact) mass is 294 g/mol. The van der Waals surface area contributed by atoms with Crippen molar-refractivity contribution >= 4 is 11.5 Å². The molecule has 0 bridgehead atoms. The number of anilines is 1. The zero-order valence-electron chi connectivity index (χ0n) is 12.5. The van der Waals surface area contributed by atoms with Crippen molar-refractivity contribution in [2.24, 2.45) is 0 Å². The van der Waals surface area contributed by atoms with Gasteiger partial charge in [0.2, 0.25) is 0 Å². The van der Waals surface area contributed by atoms with E-state index >= 15 is 0 Å². The summed E-state index contributed by atoms with van der Waals surface area (Å²) in [6, 6.07) is 3.07. The highest BCUT2D eigenvalue weighted by molar-refractivity contribution is 5.49. The molecule has 0 saturated carbocycles. The van der Waals surface area contributed by atoms with Gasteiger partial charge in [0, 0.05) is 25.7 Å². The number of ether oxygens (including phenoxy) is 1. The van der Waals surface area contributed by atoms with E-state index in [9.17, 15) is 10.1 Å². The Labute approximate surface area is 124 Å². The summed E-state index contributed by atoms with van der Waals surface area (Å²) in [7, 11) is 2.06. The summed E-state index contributed by atoms with van der Waals surface area (Å²) in [4.78, 5) is 17.1. The second kappa shape index (κ2) is 7.21. The smallest absolute Gasteiger partial charge is 0.331 e. The van der Waals surface area contributed by atoms with Crippen LogP contribution in [0, 0.1) is 10.1 Å². The van der Waals surface area contributed by atoms with Crippen molar-refractivity contribution < 1.29 is 9.66 Å². The van der Waals surface area contributed by atoms with Crippen LogP contribution in [-0.2, 0) is 0 Å². The van der Waals surface area contributed by atoms with Crippen molar-refractivity contribution in [3.05, 3.63) is 22.2 Å². The molecule has 0 aliphatic carbocycles. The normalized spacial score (nSPS) is 16.7. The molecule has 1 aliphatic heterocycles. The van der Waals surface area contributed by atoms with Crippen LogP contribution in [0.25, 0.3) is 0 Å². The molecular formula is C14H22N4O3. The van der Waals surface area contributed by atoms with Gasteiger partial charge in [0.25, 0.3) is 5.88 Å². The third-order valence-electron chi connectivity index (χ3n) is 3.54. The highest BCUT2D eigenvalue weighted by Gasteiger charge is 2.24. The lowest BCUT2D eigenvalue weighted by Gasteiger charge is -2.28. The quantitative estimate of drug-likeness (QED) is 0.640. The number of rotatable bonds is 6. The fourth-order valence-electron chi connectivity index (χ4n) is 2.27.